The molecule has 0 radical (unpaired) electrons. The summed E-state index contributed by atoms with van der Waals surface area (Å²) in [6.45, 7) is 0.483. The van der Waals surface area contributed by atoms with Crippen LogP contribution in [0, 0.1) is 0 Å². The van der Waals surface area contributed by atoms with Crippen LogP contribution >= 0.6 is 11.6 Å². The van der Waals surface area contributed by atoms with E-state index in [0.29, 0.717) is 34.8 Å². The van der Waals surface area contributed by atoms with Crippen molar-refractivity contribution in [1.29, 1.82) is 0 Å². The molecular weight excluding hydrogens is 387 g/mol. The Morgan fingerprint density at radius 2 is 2.07 bits per heavy atom. The average Bonchev–Trinajstić information content (AvgIpc) is 2.96. The Hall–Kier alpha value is -2.53. The molecule has 0 bridgehead atoms. The summed E-state index contributed by atoms with van der Waals surface area (Å²) < 4.78 is 42.9. The lowest BCUT2D eigenvalue weighted by Crippen LogP contribution is -2.19. The van der Waals surface area contributed by atoms with Gasteiger partial charge >= 0.3 is 6.18 Å². The fourth-order valence-corrected chi connectivity index (χ4v) is 2.60. The number of aromatic nitrogens is 6. The number of hydrogen-bond acceptors (Lipinski definition) is 7. The van der Waals surface area contributed by atoms with Crippen molar-refractivity contribution in [3.05, 3.63) is 29.6 Å². The van der Waals surface area contributed by atoms with Crippen molar-refractivity contribution < 1.29 is 17.9 Å². The molecule has 12 heteroatoms. The van der Waals surface area contributed by atoms with E-state index in [1.54, 1.807) is 0 Å². The molecule has 0 aromatic carbocycles. The zero-order valence-electron chi connectivity index (χ0n) is 14.2. The number of fused-ring (bicyclic) bond motifs is 1. The number of anilines is 2. The van der Waals surface area contributed by atoms with Crippen LogP contribution in [0.4, 0.5) is 24.8 Å². The molecule has 3 aromatic rings. The Bertz CT molecular complexity index is 917. The molecule has 0 aliphatic carbocycles. The Kier molecular flexibility index (Phi) is 5.71. The highest BCUT2D eigenvalue weighted by Crippen LogP contribution is 2.27. The van der Waals surface area contributed by atoms with Crippen LogP contribution in [-0.4, -0.2) is 49.1 Å². The minimum Gasteiger partial charge on any atom is -0.370 e. The van der Waals surface area contributed by atoms with Crippen LogP contribution in [0.15, 0.2) is 18.6 Å². The molecule has 0 saturated heterocycles. The molecule has 0 aliphatic rings. The van der Waals surface area contributed by atoms with E-state index in [-0.39, 0.29) is 18.4 Å². The Balaban J connectivity index is 1.93. The Morgan fingerprint density at radius 1 is 1.26 bits per heavy atom. The van der Waals surface area contributed by atoms with Crippen molar-refractivity contribution in [2.45, 2.75) is 26.1 Å². The van der Waals surface area contributed by atoms with E-state index in [1.807, 2.05) is 6.92 Å². The van der Waals surface area contributed by atoms with Gasteiger partial charge in [-0.1, -0.05) is 6.92 Å². The first-order valence-corrected chi connectivity index (χ1v) is 8.35. The maximum absolute atomic E-state index is 12.2. The van der Waals surface area contributed by atoms with E-state index in [0.717, 1.165) is 0 Å². The lowest BCUT2D eigenvalue weighted by molar-refractivity contribution is -0.174. The number of aryl methyl sites for hydroxylation is 1. The van der Waals surface area contributed by atoms with Crippen molar-refractivity contribution in [1.82, 2.24) is 29.7 Å². The fourth-order valence-electron chi connectivity index (χ4n) is 2.43. The molecule has 1 N–H and O–H groups in total. The third kappa shape index (κ3) is 4.80. The summed E-state index contributed by atoms with van der Waals surface area (Å²) in [6.07, 6.45) is 0.698. The molecule has 0 fully saturated rings. The number of nitrogens with one attached hydrogen (secondary N) is 1. The van der Waals surface area contributed by atoms with Crippen molar-refractivity contribution in [2.24, 2.45) is 0 Å². The first-order chi connectivity index (χ1) is 12.9. The summed E-state index contributed by atoms with van der Waals surface area (Å²) in [5.41, 5.74) is 1.66. The van der Waals surface area contributed by atoms with E-state index in [2.05, 4.69) is 35.1 Å². The van der Waals surface area contributed by atoms with Gasteiger partial charge in [-0.2, -0.15) is 23.3 Å². The molecule has 27 heavy (non-hydrogen) atoms. The zero-order valence-corrected chi connectivity index (χ0v) is 14.9. The van der Waals surface area contributed by atoms with E-state index in [1.165, 1.54) is 23.3 Å². The first-order valence-electron chi connectivity index (χ1n) is 7.98. The quantitative estimate of drug-likeness (QED) is 0.480. The van der Waals surface area contributed by atoms with Crippen molar-refractivity contribution in [2.75, 3.05) is 18.5 Å². The van der Waals surface area contributed by atoms with Crippen LogP contribution < -0.4 is 5.32 Å². The highest BCUT2D eigenvalue weighted by atomic mass is 35.5. The minimum atomic E-state index is -4.38. The molecule has 3 heterocycles. The lowest BCUT2D eigenvalue weighted by atomic mass is 10.3. The van der Waals surface area contributed by atoms with E-state index in [9.17, 15) is 13.2 Å². The highest BCUT2D eigenvalue weighted by Gasteiger charge is 2.27. The van der Waals surface area contributed by atoms with Crippen LogP contribution in [0.3, 0.4) is 0 Å². The van der Waals surface area contributed by atoms with E-state index >= 15 is 0 Å². The summed E-state index contributed by atoms with van der Waals surface area (Å²) in [4.78, 5) is 16.5. The summed E-state index contributed by atoms with van der Waals surface area (Å²) in [5.74, 6) is 0.751. The molecule has 0 aliphatic heterocycles. The van der Waals surface area contributed by atoms with Gasteiger partial charge in [-0.15, -0.1) is 0 Å². The number of hydrogen-bond donors (Lipinski definition) is 1. The van der Waals surface area contributed by atoms with Crippen LogP contribution in [-0.2, 0) is 17.7 Å². The number of nitrogens with zero attached hydrogens (tertiary/aromatic N) is 6. The largest absolute Gasteiger partial charge is 0.411 e. The van der Waals surface area contributed by atoms with Crippen LogP contribution in [0.5, 0.6) is 0 Å². The smallest absolute Gasteiger partial charge is 0.370 e. The number of ether oxygens (including phenoxy) is 1. The maximum atomic E-state index is 12.2. The zero-order chi connectivity index (χ0) is 19.4. The fraction of sp³-hybridized carbons (Fsp3) is 0.400. The second kappa shape index (κ2) is 8.01. The number of halogens is 4. The standard InChI is InChI=1S/C15H15ClF3N7O/c1-2-9-11-12(26(25-9)5-6-27-8-15(17,18)19)13(24-14(16)23-11)22-10-7-20-3-4-21-10/h3-4,7H,2,5-6,8H2,1H3,(H,21,22,23,24). The molecule has 0 atom stereocenters. The molecule has 0 saturated carbocycles. The molecular formula is C15H15ClF3N7O. The van der Waals surface area contributed by atoms with Gasteiger partial charge in [-0.3, -0.25) is 9.67 Å². The second-order valence-corrected chi connectivity index (χ2v) is 5.78. The predicted molar refractivity (Wildman–Crippen MR) is 91.9 cm³/mol. The van der Waals surface area contributed by atoms with Crippen LogP contribution in [0.2, 0.25) is 5.28 Å². The molecule has 0 unspecified atom stereocenters. The van der Waals surface area contributed by atoms with Crippen LogP contribution in [0.25, 0.3) is 11.0 Å². The van der Waals surface area contributed by atoms with E-state index < -0.39 is 12.8 Å². The minimum absolute atomic E-state index is 0.0106. The molecule has 8 nitrogen and oxygen atoms in total. The SMILES string of the molecule is CCc1nn(CCOCC(F)(F)F)c2c(Nc3cnccn3)nc(Cl)nc12. The van der Waals surface area contributed by atoms with Gasteiger partial charge in [-0.05, 0) is 18.0 Å². The van der Waals surface area contributed by atoms with Gasteiger partial charge in [0.15, 0.2) is 5.82 Å². The number of alkyl halides is 3. The molecule has 0 amide bonds. The molecule has 144 valence electrons. The van der Waals surface area contributed by atoms with Gasteiger partial charge in [0.25, 0.3) is 0 Å². The van der Waals surface area contributed by atoms with Gasteiger partial charge in [-0.25, -0.2) is 9.97 Å². The lowest BCUT2D eigenvalue weighted by Gasteiger charge is -2.10. The summed E-state index contributed by atoms with van der Waals surface area (Å²) in [7, 11) is 0. The van der Waals surface area contributed by atoms with Gasteiger partial charge in [0.1, 0.15) is 23.5 Å². The van der Waals surface area contributed by atoms with Crippen molar-refractivity contribution in [3.63, 3.8) is 0 Å². The normalized spacial score (nSPS) is 11.9. The Morgan fingerprint density at radius 3 is 2.74 bits per heavy atom. The topological polar surface area (TPSA) is 90.6 Å². The van der Waals surface area contributed by atoms with Gasteiger partial charge in [0.2, 0.25) is 5.28 Å². The van der Waals surface area contributed by atoms with Gasteiger partial charge in [0.05, 0.1) is 25.0 Å². The van der Waals surface area contributed by atoms with Gasteiger partial charge < -0.3 is 10.1 Å². The van der Waals surface area contributed by atoms with Crippen molar-refractivity contribution in [3.8, 4) is 0 Å². The molecule has 3 rings (SSSR count). The monoisotopic (exact) mass is 401 g/mol. The third-order valence-corrected chi connectivity index (χ3v) is 3.66. The van der Waals surface area contributed by atoms with Crippen LogP contribution in [0.1, 0.15) is 12.6 Å². The average molecular weight is 402 g/mol. The summed E-state index contributed by atoms with van der Waals surface area (Å²) in [5, 5.41) is 7.40. The van der Waals surface area contributed by atoms with E-state index in [4.69, 9.17) is 11.6 Å². The first kappa shape index (κ1) is 19.2. The van der Waals surface area contributed by atoms with Gasteiger partial charge in [0, 0.05) is 12.4 Å². The molecule has 3 aromatic heterocycles. The predicted octanol–water partition coefficient (Wildman–Crippen LogP) is 3.15. The maximum Gasteiger partial charge on any atom is 0.411 e. The highest BCUT2D eigenvalue weighted by molar-refractivity contribution is 6.28. The second-order valence-electron chi connectivity index (χ2n) is 5.45. The summed E-state index contributed by atoms with van der Waals surface area (Å²) in [6, 6.07) is 0. The third-order valence-electron chi connectivity index (χ3n) is 3.49. The Labute approximate surface area is 156 Å². The molecule has 0 spiro atoms. The summed E-state index contributed by atoms with van der Waals surface area (Å²) >= 11 is 6.02. The van der Waals surface area contributed by atoms with Crippen molar-refractivity contribution >= 4 is 34.3 Å². The number of rotatable bonds is 7.